The Balaban J connectivity index is 1.20. The van der Waals surface area contributed by atoms with Crippen molar-refractivity contribution in [3.63, 3.8) is 0 Å². The van der Waals surface area contributed by atoms with Crippen molar-refractivity contribution in [1.82, 2.24) is 9.80 Å². The smallest absolute Gasteiger partial charge is 0.238 e. The highest BCUT2D eigenvalue weighted by atomic mass is 35.5. The van der Waals surface area contributed by atoms with Crippen LogP contribution in [0.2, 0.25) is 5.02 Å². The van der Waals surface area contributed by atoms with E-state index in [4.69, 9.17) is 11.6 Å². The number of nitrogens with zero attached hydrogens (tertiary/aromatic N) is 2. The number of piperazine rings is 1. The molecule has 0 spiro atoms. The molecule has 5 nitrogen and oxygen atoms in total. The Labute approximate surface area is 166 Å². The summed E-state index contributed by atoms with van der Waals surface area (Å²) in [6, 6.07) is 7.25. The van der Waals surface area contributed by atoms with Gasteiger partial charge in [-0.05, 0) is 49.1 Å². The minimum absolute atomic E-state index is 0.0649. The van der Waals surface area contributed by atoms with Crippen LogP contribution in [-0.2, 0) is 9.59 Å². The molecule has 0 unspecified atom stereocenters. The van der Waals surface area contributed by atoms with Gasteiger partial charge in [0.1, 0.15) is 0 Å². The molecule has 6 heteroatoms. The first-order chi connectivity index (χ1) is 13.1. The third kappa shape index (κ3) is 4.46. The topological polar surface area (TPSA) is 52.7 Å². The molecule has 3 atom stereocenters. The standard InChI is InChI=1S/C21H28ClN3O2/c22-18-3-1-2-4-19(18)23-20(26)14-24-7-9-25(10-8-24)21(27)13-17-12-15-5-6-16(17)11-15/h1-4,15-17H,5-14H2,(H,23,26)/t15-,16-,17-/m1/s1. The van der Waals surface area contributed by atoms with Gasteiger partial charge in [-0.15, -0.1) is 0 Å². The van der Waals surface area contributed by atoms with E-state index in [1.807, 2.05) is 17.0 Å². The van der Waals surface area contributed by atoms with Crippen molar-refractivity contribution in [2.24, 2.45) is 17.8 Å². The molecule has 1 aromatic carbocycles. The van der Waals surface area contributed by atoms with Crippen LogP contribution >= 0.6 is 11.6 Å². The lowest BCUT2D eigenvalue weighted by Crippen LogP contribution is -2.50. The van der Waals surface area contributed by atoms with Gasteiger partial charge >= 0.3 is 0 Å². The Bertz CT molecular complexity index is 702. The molecule has 2 aliphatic carbocycles. The lowest BCUT2D eigenvalue weighted by Gasteiger charge is -2.35. The monoisotopic (exact) mass is 389 g/mol. The quantitative estimate of drug-likeness (QED) is 0.841. The maximum absolute atomic E-state index is 12.7. The summed E-state index contributed by atoms with van der Waals surface area (Å²) in [6.45, 7) is 3.27. The molecule has 1 saturated heterocycles. The highest BCUT2D eigenvalue weighted by Crippen LogP contribution is 2.49. The van der Waals surface area contributed by atoms with Crippen LogP contribution in [0.15, 0.2) is 24.3 Å². The fourth-order valence-electron chi connectivity index (χ4n) is 5.09. The van der Waals surface area contributed by atoms with E-state index >= 15 is 0 Å². The Morgan fingerprint density at radius 2 is 1.85 bits per heavy atom. The molecular weight excluding hydrogens is 362 g/mol. The van der Waals surface area contributed by atoms with Gasteiger partial charge in [0.15, 0.2) is 0 Å². The van der Waals surface area contributed by atoms with E-state index in [1.165, 1.54) is 25.7 Å². The molecule has 2 bridgehead atoms. The summed E-state index contributed by atoms with van der Waals surface area (Å²) >= 11 is 6.09. The molecule has 4 rings (SSSR count). The number of rotatable bonds is 5. The highest BCUT2D eigenvalue weighted by Gasteiger charge is 2.40. The summed E-state index contributed by atoms with van der Waals surface area (Å²) < 4.78 is 0. The first-order valence-electron chi connectivity index (χ1n) is 10.1. The number of benzene rings is 1. The number of carbonyl (C=O) groups excluding carboxylic acids is 2. The van der Waals surface area contributed by atoms with Crippen molar-refractivity contribution >= 4 is 29.1 Å². The summed E-state index contributed by atoms with van der Waals surface area (Å²) in [4.78, 5) is 29.0. The summed E-state index contributed by atoms with van der Waals surface area (Å²) in [5.41, 5.74) is 0.642. The van der Waals surface area contributed by atoms with Crippen LogP contribution in [0.5, 0.6) is 0 Å². The second-order valence-electron chi connectivity index (χ2n) is 8.32. The second-order valence-corrected chi connectivity index (χ2v) is 8.73. The SMILES string of the molecule is O=C(CN1CCN(C(=O)C[C@H]2C[C@@H]3CC[C@@H]2C3)CC1)Nc1ccccc1Cl. The van der Waals surface area contributed by atoms with Gasteiger partial charge in [0, 0.05) is 32.6 Å². The van der Waals surface area contributed by atoms with Crippen molar-refractivity contribution in [2.45, 2.75) is 32.1 Å². The molecule has 2 amide bonds. The molecular formula is C21H28ClN3O2. The van der Waals surface area contributed by atoms with Crippen molar-refractivity contribution < 1.29 is 9.59 Å². The van der Waals surface area contributed by atoms with Gasteiger partial charge in [-0.25, -0.2) is 0 Å². The van der Waals surface area contributed by atoms with Crippen LogP contribution in [0.4, 0.5) is 5.69 Å². The Hall–Kier alpha value is -1.59. The van der Waals surface area contributed by atoms with Gasteiger partial charge in [0.25, 0.3) is 0 Å². The van der Waals surface area contributed by atoms with Gasteiger partial charge in [0.2, 0.25) is 11.8 Å². The van der Waals surface area contributed by atoms with E-state index in [-0.39, 0.29) is 5.91 Å². The van der Waals surface area contributed by atoms with Gasteiger partial charge in [-0.3, -0.25) is 14.5 Å². The van der Waals surface area contributed by atoms with E-state index in [2.05, 4.69) is 10.2 Å². The van der Waals surface area contributed by atoms with E-state index in [9.17, 15) is 9.59 Å². The normalized spacial score (nSPS) is 27.7. The Kier molecular flexibility index (Phi) is 5.69. The molecule has 3 aliphatic rings. The van der Waals surface area contributed by atoms with Gasteiger partial charge < -0.3 is 10.2 Å². The molecule has 1 aromatic rings. The first-order valence-corrected chi connectivity index (χ1v) is 10.5. The van der Waals surface area contributed by atoms with Crippen LogP contribution in [0.1, 0.15) is 32.1 Å². The molecule has 2 saturated carbocycles. The largest absolute Gasteiger partial charge is 0.340 e. The number of carbonyl (C=O) groups is 2. The second kappa shape index (κ2) is 8.19. The number of para-hydroxylation sites is 1. The fraction of sp³-hybridized carbons (Fsp3) is 0.619. The number of fused-ring (bicyclic) bond motifs is 2. The highest BCUT2D eigenvalue weighted by molar-refractivity contribution is 6.33. The average molecular weight is 390 g/mol. The van der Waals surface area contributed by atoms with Crippen LogP contribution in [0.25, 0.3) is 0 Å². The van der Waals surface area contributed by atoms with Gasteiger partial charge in [-0.2, -0.15) is 0 Å². The van der Waals surface area contributed by atoms with Crippen LogP contribution < -0.4 is 5.32 Å². The third-order valence-electron chi connectivity index (χ3n) is 6.56. The predicted molar refractivity (Wildman–Crippen MR) is 107 cm³/mol. The van der Waals surface area contributed by atoms with Crippen LogP contribution in [-0.4, -0.2) is 54.3 Å². The van der Waals surface area contributed by atoms with Crippen molar-refractivity contribution in [3.05, 3.63) is 29.3 Å². The average Bonchev–Trinajstić information content (AvgIpc) is 3.27. The minimum atomic E-state index is -0.0649. The maximum Gasteiger partial charge on any atom is 0.238 e. The van der Waals surface area contributed by atoms with Gasteiger partial charge in [0.05, 0.1) is 17.3 Å². The first kappa shape index (κ1) is 18.8. The molecule has 1 aliphatic heterocycles. The minimum Gasteiger partial charge on any atom is -0.340 e. The lowest BCUT2D eigenvalue weighted by atomic mass is 9.86. The molecule has 1 heterocycles. The Morgan fingerprint density at radius 3 is 2.52 bits per heavy atom. The number of anilines is 1. The number of halogens is 1. The summed E-state index contributed by atoms with van der Waals surface area (Å²) in [5.74, 6) is 2.56. The number of hydrogen-bond donors (Lipinski definition) is 1. The predicted octanol–water partition coefficient (Wildman–Crippen LogP) is 3.25. The molecule has 0 aromatic heterocycles. The van der Waals surface area contributed by atoms with E-state index in [0.717, 1.165) is 44.4 Å². The molecule has 146 valence electrons. The third-order valence-corrected chi connectivity index (χ3v) is 6.89. The number of hydrogen-bond acceptors (Lipinski definition) is 3. The van der Waals surface area contributed by atoms with E-state index in [1.54, 1.807) is 12.1 Å². The van der Waals surface area contributed by atoms with Gasteiger partial charge in [-0.1, -0.05) is 30.2 Å². The Morgan fingerprint density at radius 1 is 1.07 bits per heavy atom. The molecule has 3 fully saturated rings. The zero-order chi connectivity index (χ0) is 18.8. The van der Waals surface area contributed by atoms with Crippen molar-refractivity contribution in [1.29, 1.82) is 0 Å². The summed E-state index contributed by atoms with van der Waals surface area (Å²) in [7, 11) is 0. The summed E-state index contributed by atoms with van der Waals surface area (Å²) in [5, 5.41) is 3.41. The van der Waals surface area contributed by atoms with Crippen molar-refractivity contribution in [3.8, 4) is 0 Å². The molecule has 27 heavy (non-hydrogen) atoms. The summed E-state index contributed by atoms with van der Waals surface area (Å²) in [6.07, 6.45) is 6.06. The van der Waals surface area contributed by atoms with Crippen molar-refractivity contribution in [2.75, 3.05) is 38.0 Å². The zero-order valence-electron chi connectivity index (χ0n) is 15.7. The zero-order valence-corrected chi connectivity index (χ0v) is 16.5. The number of nitrogens with one attached hydrogen (secondary N) is 1. The lowest BCUT2D eigenvalue weighted by molar-refractivity contribution is -0.134. The van der Waals surface area contributed by atoms with E-state index in [0.29, 0.717) is 29.1 Å². The molecule has 1 N–H and O–H groups in total. The molecule has 0 radical (unpaired) electrons. The fourth-order valence-corrected chi connectivity index (χ4v) is 5.27. The number of amides is 2. The van der Waals surface area contributed by atoms with E-state index < -0.39 is 0 Å². The van der Waals surface area contributed by atoms with Crippen LogP contribution in [0, 0.1) is 17.8 Å². The maximum atomic E-state index is 12.7. The van der Waals surface area contributed by atoms with Crippen LogP contribution in [0.3, 0.4) is 0 Å².